The molecule has 0 saturated heterocycles. The predicted octanol–water partition coefficient (Wildman–Crippen LogP) is -1.09. The number of nitrogens with two attached hydrogens (primary N) is 4. The Morgan fingerprint density at radius 2 is 1.30 bits per heavy atom. The number of carbonyl (C=O) groups excluding carboxylic acids is 3. The van der Waals surface area contributed by atoms with Crippen LogP contribution in [0.15, 0.2) is 40.3 Å². The Morgan fingerprint density at radius 1 is 0.811 bits per heavy atom. The molecule has 0 aliphatic rings. The van der Waals surface area contributed by atoms with Crippen molar-refractivity contribution in [2.24, 2.45) is 32.9 Å². The molecule has 0 heterocycles. The number of carboxylic acid groups (broad SMARTS) is 4. The van der Waals surface area contributed by atoms with E-state index in [0.29, 0.717) is 11.3 Å². The number of amides is 3. The molecule has 20 nitrogen and oxygen atoms in total. The monoisotopic (exact) mass is 775 g/mol. The molecule has 14 N–H and O–H groups in total. The number of hydrogen-bond acceptors (Lipinski definition) is 9. The van der Waals surface area contributed by atoms with Gasteiger partial charge in [-0.25, -0.2) is 19.4 Å². The Hall–Kier alpha value is -6.63. The largest absolute Gasteiger partial charge is 0.490 e. The second-order valence-corrected chi connectivity index (χ2v) is 9.83. The van der Waals surface area contributed by atoms with E-state index in [2.05, 4.69) is 20.6 Å². The molecule has 1 aromatic rings. The van der Waals surface area contributed by atoms with Crippen LogP contribution in [0.4, 0.5) is 32.0 Å². The predicted molar refractivity (Wildman–Crippen MR) is 170 cm³/mol. The highest BCUT2D eigenvalue weighted by atomic mass is 19.4. The summed E-state index contributed by atoms with van der Waals surface area (Å²) in [5, 5.41) is 37.2. The first-order valence-electron chi connectivity index (χ1n) is 14.0. The van der Waals surface area contributed by atoms with Gasteiger partial charge in [0.25, 0.3) is 0 Å². The fourth-order valence-corrected chi connectivity index (χ4v) is 3.05. The first-order valence-corrected chi connectivity index (χ1v) is 14.0. The third kappa shape index (κ3) is 24.2. The second-order valence-electron chi connectivity index (χ2n) is 9.83. The molecule has 0 saturated carbocycles. The van der Waals surface area contributed by atoms with Crippen LogP contribution in [-0.2, 0) is 33.6 Å². The molecule has 296 valence electrons. The van der Waals surface area contributed by atoms with Crippen molar-refractivity contribution in [1.29, 1.82) is 0 Å². The normalized spacial score (nSPS) is 11.8. The molecule has 0 radical (unpaired) electrons. The smallest absolute Gasteiger partial charge is 0.481 e. The number of carboxylic acids is 4. The number of alkyl halides is 6. The van der Waals surface area contributed by atoms with E-state index in [1.54, 1.807) is 24.3 Å². The first-order chi connectivity index (χ1) is 24.2. The van der Waals surface area contributed by atoms with E-state index in [1.807, 2.05) is 0 Å². The molecule has 1 aromatic carbocycles. The van der Waals surface area contributed by atoms with Crippen molar-refractivity contribution < 1.29 is 80.3 Å². The van der Waals surface area contributed by atoms with Crippen LogP contribution in [0.3, 0.4) is 0 Å². The van der Waals surface area contributed by atoms with Gasteiger partial charge in [-0.2, -0.15) is 26.3 Å². The topological polar surface area (TPSA) is 357 Å². The summed E-state index contributed by atoms with van der Waals surface area (Å²) in [5.41, 5.74) is 22.2. The summed E-state index contributed by atoms with van der Waals surface area (Å²) in [6, 6.07) is 3.64. The summed E-state index contributed by atoms with van der Waals surface area (Å²) < 4.78 is 63.5. The van der Waals surface area contributed by atoms with Crippen molar-refractivity contribution in [2.75, 3.05) is 20.1 Å². The number of hydrogen-bond donors (Lipinski definition) is 10. The van der Waals surface area contributed by atoms with Crippen LogP contribution in [0.1, 0.15) is 24.8 Å². The molecule has 0 aliphatic heterocycles. The third-order valence-corrected chi connectivity index (χ3v) is 5.40. The Labute approximate surface area is 294 Å². The van der Waals surface area contributed by atoms with Crippen LogP contribution in [0, 0.1) is 0 Å². The summed E-state index contributed by atoms with van der Waals surface area (Å²) in [5.74, 6) is -11.0. The van der Waals surface area contributed by atoms with Crippen LogP contribution in [0.5, 0.6) is 0 Å². The minimum atomic E-state index is -5.08. The molecule has 0 spiro atoms. The quantitative estimate of drug-likeness (QED) is 0.0333. The number of aliphatic carboxylic acids is 4. The number of nitrogens with one attached hydrogen (secondary N) is 2. The molecule has 0 fully saturated rings. The van der Waals surface area contributed by atoms with Crippen molar-refractivity contribution in [3.05, 3.63) is 35.9 Å². The summed E-state index contributed by atoms with van der Waals surface area (Å²) in [6.07, 6.45) is -8.11. The molecule has 53 heavy (non-hydrogen) atoms. The SMILES string of the molecule is CN(CC(=O)N[C@@H](CC(=O)O)C(=O)N[C@@H](CCCN=C(N)N)C(=O)O)C(=O)C=Cc1ccc(N=C(N)N)cc1.O=C(O)C(F)(F)F.O=C(O)C(F)(F)F. The zero-order valence-corrected chi connectivity index (χ0v) is 27.2. The summed E-state index contributed by atoms with van der Waals surface area (Å²) >= 11 is 0. The van der Waals surface area contributed by atoms with Crippen molar-refractivity contribution in [1.82, 2.24) is 15.5 Å². The van der Waals surface area contributed by atoms with Crippen LogP contribution in [-0.4, -0.2) is 123 Å². The number of aliphatic imine (C=N–C) groups is 2. The molecule has 0 bridgehead atoms. The number of guanidine groups is 2. The molecule has 26 heteroatoms. The molecule has 3 amide bonds. The molecule has 2 atom stereocenters. The Morgan fingerprint density at radius 3 is 1.70 bits per heavy atom. The average molecular weight is 776 g/mol. The van der Waals surface area contributed by atoms with Gasteiger partial charge in [-0.3, -0.25) is 24.2 Å². The van der Waals surface area contributed by atoms with E-state index in [-0.39, 0.29) is 31.3 Å². The van der Waals surface area contributed by atoms with Gasteiger partial charge in [-0.1, -0.05) is 12.1 Å². The lowest BCUT2D eigenvalue weighted by Gasteiger charge is -2.22. The summed E-state index contributed by atoms with van der Waals surface area (Å²) in [6.45, 7) is -0.383. The van der Waals surface area contributed by atoms with Crippen LogP contribution in [0.25, 0.3) is 6.08 Å². The zero-order valence-electron chi connectivity index (χ0n) is 27.2. The van der Waals surface area contributed by atoms with E-state index < -0.39 is 79.0 Å². The third-order valence-electron chi connectivity index (χ3n) is 5.40. The van der Waals surface area contributed by atoms with Gasteiger partial charge >= 0.3 is 36.2 Å². The Bertz CT molecular complexity index is 1500. The van der Waals surface area contributed by atoms with Gasteiger partial charge in [-0.05, 0) is 36.6 Å². The summed E-state index contributed by atoms with van der Waals surface area (Å²) in [4.78, 5) is 86.6. The lowest BCUT2D eigenvalue weighted by atomic mass is 10.1. The molecule has 1 rings (SSSR count). The minimum absolute atomic E-state index is 0.0494. The van der Waals surface area contributed by atoms with E-state index in [4.69, 9.17) is 47.8 Å². The lowest BCUT2D eigenvalue weighted by Crippen LogP contribution is -2.53. The maximum absolute atomic E-state index is 12.6. The molecule has 0 aromatic heterocycles. The molecule has 0 aliphatic carbocycles. The maximum Gasteiger partial charge on any atom is 0.490 e. The number of carbonyl (C=O) groups is 7. The van der Waals surface area contributed by atoms with Crippen molar-refractivity contribution in [3.8, 4) is 0 Å². The van der Waals surface area contributed by atoms with Gasteiger partial charge in [-0.15, -0.1) is 0 Å². The molecular weight excluding hydrogens is 740 g/mol. The Kier molecular flexibility index (Phi) is 21.0. The molecular formula is C27H35F6N9O11. The van der Waals surface area contributed by atoms with Gasteiger partial charge in [0.05, 0.1) is 18.7 Å². The lowest BCUT2D eigenvalue weighted by molar-refractivity contribution is -0.193. The van der Waals surface area contributed by atoms with E-state index >= 15 is 0 Å². The fraction of sp³-hybridized carbons (Fsp3) is 0.370. The number of halogens is 6. The van der Waals surface area contributed by atoms with Crippen molar-refractivity contribution >= 4 is 65.3 Å². The maximum atomic E-state index is 12.6. The first kappa shape index (κ1) is 48.5. The fourth-order valence-electron chi connectivity index (χ4n) is 3.05. The number of nitrogens with zero attached hydrogens (tertiary/aromatic N) is 3. The van der Waals surface area contributed by atoms with Gasteiger partial charge in [0.15, 0.2) is 11.9 Å². The van der Waals surface area contributed by atoms with Crippen LogP contribution >= 0.6 is 0 Å². The standard InChI is InChI=1S/C23H33N9O7.2C2HF3O2/c1-32(18(34)9-6-13-4-7-14(8-5-13)29-23(26)27)12-17(33)30-16(11-19(35)36)20(37)31-15(21(38)39)3-2-10-28-22(24)25;2*3-2(4,5)1(6)7/h4-9,15-16H,2-3,10-12H2,1H3,(H,30,33)(H,31,37)(H,35,36)(H,38,39)(H4,24,25,28)(H4,26,27,29);2*(H,6,7)/t15-,16-;;/m0../s1. The average Bonchev–Trinajstić information content (AvgIpc) is 3.00. The number of rotatable bonds is 15. The van der Waals surface area contributed by atoms with E-state index in [1.165, 1.54) is 19.2 Å². The molecule has 0 unspecified atom stereocenters. The van der Waals surface area contributed by atoms with Crippen LogP contribution < -0.4 is 33.6 Å². The van der Waals surface area contributed by atoms with Crippen molar-refractivity contribution in [2.45, 2.75) is 43.7 Å². The highest BCUT2D eigenvalue weighted by Gasteiger charge is 2.39. The number of benzene rings is 1. The van der Waals surface area contributed by atoms with Crippen LogP contribution in [0.2, 0.25) is 0 Å². The Balaban J connectivity index is 0. The number of likely N-dealkylation sites (N-methyl/N-ethyl adjacent to an activating group) is 1. The minimum Gasteiger partial charge on any atom is -0.481 e. The van der Waals surface area contributed by atoms with Gasteiger partial charge in [0.2, 0.25) is 17.7 Å². The van der Waals surface area contributed by atoms with E-state index in [0.717, 1.165) is 4.90 Å². The highest BCUT2D eigenvalue weighted by molar-refractivity contribution is 5.96. The van der Waals surface area contributed by atoms with Crippen molar-refractivity contribution in [3.63, 3.8) is 0 Å². The highest BCUT2D eigenvalue weighted by Crippen LogP contribution is 2.15. The van der Waals surface area contributed by atoms with E-state index in [9.17, 15) is 55.4 Å². The van der Waals surface area contributed by atoms with Gasteiger partial charge in [0, 0.05) is 19.7 Å². The second kappa shape index (κ2) is 23.0. The van der Waals surface area contributed by atoms with Gasteiger partial charge in [0.1, 0.15) is 12.1 Å². The zero-order chi connectivity index (χ0) is 41.7. The summed E-state index contributed by atoms with van der Waals surface area (Å²) in [7, 11) is 1.33. The van der Waals surface area contributed by atoms with Gasteiger partial charge < -0.3 is 58.9 Å².